The molecule has 38 heavy (non-hydrogen) atoms. The monoisotopic (exact) mass is 515 g/mol. The van der Waals surface area contributed by atoms with E-state index in [0.29, 0.717) is 33.5 Å². The standard InChI is InChI=1S/C27H26FN7O3/c1-17(36)23-14-35(24-6-5-19(9-22(23)24)33-21-10-29-16-30-11-21)26(37)15-34-13-18(28)8-25(34)27(38)32-12-20-4-2-3-7-31-20/h2-7,9-11,14,16,18,25,33H,8,12-13,15H2,1H3,(H,32,38)/t18-,25+/m1/s1. The van der Waals surface area contributed by atoms with Crippen LogP contribution in [0, 0.1) is 0 Å². The van der Waals surface area contributed by atoms with Gasteiger partial charge in [0.2, 0.25) is 11.8 Å². The number of alkyl halides is 1. The van der Waals surface area contributed by atoms with Crippen molar-refractivity contribution in [2.24, 2.45) is 0 Å². The van der Waals surface area contributed by atoms with E-state index in [1.165, 1.54) is 24.0 Å². The number of Topliss-reactive ketones (excluding diaryl/α,β-unsaturated/α-hetero) is 1. The van der Waals surface area contributed by atoms with Gasteiger partial charge in [0, 0.05) is 42.0 Å². The summed E-state index contributed by atoms with van der Waals surface area (Å²) < 4.78 is 15.8. The van der Waals surface area contributed by atoms with Gasteiger partial charge in [0.1, 0.15) is 12.5 Å². The maximum atomic E-state index is 14.4. The Bertz CT molecular complexity index is 1480. The van der Waals surface area contributed by atoms with Crippen LogP contribution in [0.4, 0.5) is 15.8 Å². The minimum atomic E-state index is -1.22. The maximum Gasteiger partial charge on any atom is 0.245 e. The SMILES string of the molecule is CC(=O)c1cn(C(=O)CN2C[C@H](F)C[C@H]2C(=O)NCc2ccccn2)c2ccc(Nc3cncnc3)cc12. The van der Waals surface area contributed by atoms with Crippen LogP contribution in [-0.2, 0) is 11.3 Å². The summed E-state index contributed by atoms with van der Waals surface area (Å²) in [4.78, 5) is 52.3. The second-order valence-corrected chi connectivity index (χ2v) is 9.16. The van der Waals surface area contributed by atoms with Gasteiger partial charge in [-0.25, -0.2) is 14.4 Å². The van der Waals surface area contributed by atoms with E-state index >= 15 is 0 Å². The summed E-state index contributed by atoms with van der Waals surface area (Å²) in [6.45, 7) is 1.44. The lowest BCUT2D eigenvalue weighted by atomic mass is 10.1. The Morgan fingerprint density at radius 3 is 2.66 bits per heavy atom. The van der Waals surface area contributed by atoms with Gasteiger partial charge in [-0.05, 0) is 37.3 Å². The zero-order valence-electron chi connectivity index (χ0n) is 20.7. The third-order valence-electron chi connectivity index (χ3n) is 6.46. The molecule has 1 amide bonds. The van der Waals surface area contributed by atoms with Crippen molar-refractivity contribution >= 4 is 39.9 Å². The lowest BCUT2D eigenvalue weighted by molar-refractivity contribution is -0.125. The van der Waals surface area contributed by atoms with Crippen molar-refractivity contribution in [2.45, 2.75) is 32.1 Å². The van der Waals surface area contributed by atoms with Gasteiger partial charge in [0.25, 0.3) is 0 Å². The molecule has 1 aromatic carbocycles. The van der Waals surface area contributed by atoms with Crippen molar-refractivity contribution in [2.75, 3.05) is 18.4 Å². The van der Waals surface area contributed by atoms with Crippen molar-refractivity contribution in [3.8, 4) is 0 Å². The highest BCUT2D eigenvalue weighted by Crippen LogP contribution is 2.28. The third-order valence-corrected chi connectivity index (χ3v) is 6.46. The number of ketones is 1. The summed E-state index contributed by atoms with van der Waals surface area (Å²) in [5.74, 6) is -0.916. The van der Waals surface area contributed by atoms with E-state index in [0.717, 1.165) is 0 Å². The summed E-state index contributed by atoms with van der Waals surface area (Å²) >= 11 is 0. The Kier molecular flexibility index (Phi) is 7.18. The first-order valence-electron chi connectivity index (χ1n) is 12.2. The van der Waals surface area contributed by atoms with Crippen LogP contribution in [0.2, 0.25) is 0 Å². The van der Waals surface area contributed by atoms with Gasteiger partial charge in [0.05, 0.1) is 48.4 Å². The minimum Gasteiger partial charge on any atom is -0.353 e. The molecule has 0 saturated carbocycles. The van der Waals surface area contributed by atoms with Gasteiger partial charge in [-0.2, -0.15) is 0 Å². The molecule has 5 rings (SSSR count). The molecule has 4 aromatic rings. The van der Waals surface area contributed by atoms with Gasteiger partial charge in [-0.15, -0.1) is 0 Å². The largest absolute Gasteiger partial charge is 0.353 e. The van der Waals surface area contributed by atoms with E-state index in [9.17, 15) is 18.8 Å². The van der Waals surface area contributed by atoms with Crippen molar-refractivity contribution in [1.82, 2.24) is 29.7 Å². The number of halogens is 1. The van der Waals surface area contributed by atoms with Crippen molar-refractivity contribution in [3.05, 3.63) is 78.8 Å². The quantitative estimate of drug-likeness (QED) is 0.343. The maximum absolute atomic E-state index is 14.4. The number of carbonyl (C=O) groups excluding carboxylic acids is 3. The fourth-order valence-corrected chi connectivity index (χ4v) is 4.67. The highest BCUT2D eigenvalue weighted by molar-refractivity contribution is 6.10. The highest BCUT2D eigenvalue weighted by Gasteiger charge is 2.38. The molecule has 0 radical (unpaired) electrons. The number of benzene rings is 1. The van der Waals surface area contributed by atoms with Crippen LogP contribution in [-0.4, -0.2) is 67.3 Å². The molecule has 1 aliphatic rings. The summed E-state index contributed by atoms with van der Waals surface area (Å²) in [7, 11) is 0. The van der Waals surface area contributed by atoms with E-state index in [4.69, 9.17) is 0 Å². The Morgan fingerprint density at radius 2 is 1.92 bits per heavy atom. The molecule has 194 valence electrons. The summed E-state index contributed by atoms with van der Waals surface area (Å²) in [6.07, 6.45) is 6.58. The van der Waals surface area contributed by atoms with Gasteiger partial charge in [0.15, 0.2) is 5.78 Å². The van der Waals surface area contributed by atoms with Crippen LogP contribution in [0.5, 0.6) is 0 Å². The molecule has 1 aliphatic heterocycles. The fraction of sp³-hybridized carbons (Fsp3) is 0.259. The summed E-state index contributed by atoms with van der Waals surface area (Å²) in [5.41, 5.74) is 2.99. The van der Waals surface area contributed by atoms with Gasteiger partial charge in [-0.1, -0.05) is 6.07 Å². The summed E-state index contributed by atoms with van der Waals surface area (Å²) in [6, 6.07) is 9.90. The molecule has 2 N–H and O–H groups in total. The van der Waals surface area contributed by atoms with Crippen molar-refractivity contribution in [1.29, 1.82) is 0 Å². The molecule has 1 saturated heterocycles. The molecule has 0 unspecified atom stereocenters. The van der Waals surface area contributed by atoms with Crippen LogP contribution in [0.25, 0.3) is 10.9 Å². The normalized spacial score (nSPS) is 17.4. The number of rotatable bonds is 8. The first-order valence-corrected chi connectivity index (χ1v) is 12.2. The third kappa shape index (κ3) is 5.42. The molecule has 0 spiro atoms. The van der Waals surface area contributed by atoms with Crippen LogP contribution in [0.15, 0.2) is 67.5 Å². The van der Waals surface area contributed by atoms with Crippen LogP contribution in [0.3, 0.4) is 0 Å². The Morgan fingerprint density at radius 1 is 1.11 bits per heavy atom. The van der Waals surface area contributed by atoms with E-state index in [1.807, 2.05) is 6.07 Å². The molecular weight excluding hydrogens is 489 g/mol. The fourth-order valence-electron chi connectivity index (χ4n) is 4.67. The average molecular weight is 516 g/mol. The lowest BCUT2D eigenvalue weighted by Gasteiger charge is -2.22. The predicted octanol–water partition coefficient (Wildman–Crippen LogP) is 3.14. The number of likely N-dealkylation sites (tertiary alicyclic amines) is 1. The summed E-state index contributed by atoms with van der Waals surface area (Å²) in [5, 5.41) is 6.57. The van der Waals surface area contributed by atoms with Crippen molar-refractivity contribution < 1.29 is 18.8 Å². The lowest BCUT2D eigenvalue weighted by Crippen LogP contribution is -2.45. The molecule has 4 heterocycles. The molecule has 3 aromatic heterocycles. The molecule has 0 aliphatic carbocycles. The predicted molar refractivity (Wildman–Crippen MR) is 139 cm³/mol. The number of nitrogens with one attached hydrogen (secondary N) is 2. The number of anilines is 2. The second kappa shape index (κ2) is 10.9. The smallest absolute Gasteiger partial charge is 0.245 e. The van der Waals surface area contributed by atoms with E-state index < -0.39 is 12.2 Å². The van der Waals surface area contributed by atoms with E-state index in [1.54, 1.807) is 53.8 Å². The van der Waals surface area contributed by atoms with Gasteiger partial charge in [-0.3, -0.25) is 28.8 Å². The Hall–Kier alpha value is -4.51. The zero-order valence-corrected chi connectivity index (χ0v) is 20.7. The Balaban J connectivity index is 1.34. The second-order valence-electron chi connectivity index (χ2n) is 9.16. The number of pyridine rings is 1. The van der Waals surface area contributed by atoms with Crippen molar-refractivity contribution in [3.63, 3.8) is 0 Å². The molecule has 0 bridgehead atoms. The minimum absolute atomic E-state index is 0.00465. The van der Waals surface area contributed by atoms with Crippen LogP contribution in [0.1, 0.15) is 34.2 Å². The molecule has 1 fully saturated rings. The average Bonchev–Trinajstić information content (AvgIpc) is 3.48. The molecule has 2 atom stereocenters. The number of carbonyl (C=O) groups is 3. The highest BCUT2D eigenvalue weighted by atomic mass is 19.1. The van der Waals surface area contributed by atoms with E-state index in [-0.39, 0.29) is 43.7 Å². The number of amides is 1. The van der Waals surface area contributed by atoms with Gasteiger partial charge < -0.3 is 10.6 Å². The topological polar surface area (TPSA) is 122 Å². The molecule has 10 nitrogen and oxygen atoms in total. The first-order chi connectivity index (χ1) is 18.4. The van der Waals surface area contributed by atoms with Gasteiger partial charge >= 0.3 is 0 Å². The van der Waals surface area contributed by atoms with Crippen LogP contribution < -0.4 is 10.6 Å². The zero-order chi connectivity index (χ0) is 26.6. The number of hydrogen-bond donors (Lipinski definition) is 2. The molecule has 11 heteroatoms. The first kappa shape index (κ1) is 25.2. The Labute approximate surface area is 217 Å². The number of nitrogens with zero attached hydrogens (tertiary/aromatic N) is 5. The number of hydrogen-bond acceptors (Lipinski definition) is 8. The number of fused-ring (bicyclic) bond motifs is 1. The molecular formula is C27H26FN7O3. The number of aromatic nitrogens is 4. The van der Waals surface area contributed by atoms with Crippen LogP contribution >= 0.6 is 0 Å². The van der Waals surface area contributed by atoms with E-state index in [2.05, 4.69) is 25.6 Å².